The molecule has 2 fully saturated rings. The minimum absolute atomic E-state index is 0.443. The molecule has 4 heteroatoms. The van der Waals surface area contributed by atoms with Gasteiger partial charge in [-0.05, 0) is 42.5 Å². The largest absolute Gasteiger partial charge is 0.497 e. The molecular formula is C17H25N3O. The zero-order valence-electron chi connectivity index (χ0n) is 12.7. The molecule has 0 aliphatic heterocycles. The van der Waals surface area contributed by atoms with Crippen LogP contribution in [0.5, 0.6) is 5.75 Å². The van der Waals surface area contributed by atoms with Crippen molar-refractivity contribution in [3.8, 4) is 5.75 Å². The predicted molar refractivity (Wildman–Crippen MR) is 86.7 cm³/mol. The molecule has 21 heavy (non-hydrogen) atoms. The molecule has 0 aromatic heterocycles. The highest BCUT2D eigenvalue weighted by Crippen LogP contribution is 2.46. The van der Waals surface area contributed by atoms with E-state index in [1.165, 1.54) is 38.5 Å². The van der Waals surface area contributed by atoms with Crippen molar-refractivity contribution in [3.63, 3.8) is 0 Å². The first-order chi connectivity index (χ1) is 10.3. The summed E-state index contributed by atoms with van der Waals surface area (Å²) in [5.74, 6) is 3.04. The van der Waals surface area contributed by atoms with Gasteiger partial charge in [0, 0.05) is 5.69 Å². The first-order valence-corrected chi connectivity index (χ1v) is 8.00. The topological polar surface area (TPSA) is 59.6 Å². The van der Waals surface area contributed by atoms with Gasteiger partial charge in [0.25, 0.3) is 0 Å². The van der Waals surface area contributed by atoms with Crippen molar-refractivity contribution >= 4 is 11.6 Å². The zero-order chi connectivity index (χ0) is 14.7. The minimum atomic E-state index is 0.443. The molecule has 1 aromatic rings. The van der Waals surface area contributed by atoms with Gasteiger partial charge < -0.3 is 15.8 Å². The van der Waals surface area contributed by atoms with Crippen LogP contribution in [-0.4, -0.2) is 19.1 Å². The van der Waals surface area contributed by atoms with Crippen LogP contribution >= 0.6 is 0 Å². The molecular weight excluding hydrogens is 262 g/mol. The molecule has 3 rings (SSSR count). The van der Waals surface area contributed by atoms with E-state index < -0.39 is 0 Å². The van der Waals surface area contributed by atoms with E-state index in [1.807, 2.05) is 24.3 Å². The number of rotatable bonds is 4. The van der Waals surface area contributed by atoms with Crippen LogP contribution in [0.1, 0.15) is 38.5 Å². The summed E-state index contributed by atoms with van der Waals surface area (Å²) in [5.41, 5.74) is 6.97. The average Bonchev–Trinajstić information content (AvgIpc) is 3.28. The van der Waals surface area contributed by atoms with Crippen LogP contribution < -0.4 is 15.8 Å². The highest BCUT2D eigenvalue weighted by molar-refractivity contribution is 5.92. The van der Waals surface area contributed by atoms with E-state index >= 15 is 0 Å². The first-order valence-electron chi connectivity index (χ1n) is 8.00. The number of nitrogens with one attached hydrogen (secondary N) is 1. The molecule has 0 radical (unpaired) electrons. The number of hydrogen-bond donors (Lipinski definition) is 2. The van der Waals surface area contributed by atoms with E-state index in [9.17, 15) is 0 Å². The summed E-state index contributed by atoms with van der Waals surface area (Å²) in [5, 5.41) is 3.16. The van der Waals surface area contributed by atoms with Crippen molar-refractivity contribution in [2.24, 2.45) is 22.6 Å². The fourth-order valence-electron chi connectivity index (χ4n) is 3.45. The number of methoxy groups -OCH3 is 1. The van der Waals surface area contributed by atoms with Gasteiger partial charge in [-0.3, -0.25) is 0 Å². The van der Waals surface area contributed by atoms with Crippen LogP contribution in [0.4, 0.5) is 5.69 Å². The van der Waals surface area contributed by atoms with E-state index in [4.69, 9.17) is 10.5 Å². The van der Waals surface area contributed by atoms with E-state index in [2.05, 4.69) is 10.3 Å². The smallest absolute Gasteiger partial charge is 0.193 e. The maximum atomic E-state index is 6.02. The van der Waals surface area contributed by atoms with E-state index in [1.54, 1.807) is 7.11 Å². The van der Waals surface area contributed by atoms with E-state index in [0.717, 1.165) is 23.3 Å². The lowest BCUT2D eigenvalue weighted by Gasteiger charge is -2.21. The van der Waals surface area contributed by atoms with Crippen LogP contribution in [0.3, 0.4) is 0 Å². The highest BCUT2D eigenvalue weighted by atomic mass is 16.5. The molecule has 1 aromatic carbocycles. The Morgan fingerprint density at radius 2 is 1.90 bits per heavy atom. The van der Waals surface area contributed by atoms with Crippen molar-refractivity contribution in [1.29, 1.82) is 0 Å². The summed E-state index contributed by atoms with van der Waals surface area (Å²) in [6, 6.07) is 8.17. The average molecular weight is 287 g/mol. The van der Waals surface area contributed by atoms with Crippen molar-refractivity contribution in [1.82, 2.24) is 0 Å². The zero-order valence-corrected chi connectivity index (χ0v) is 12.7. The monoisotopic (exact) mass is 287 g/mol. The normalized spacial score (nSPS) is 26.4. The third kappa shape index (κ3) is 3.69. The van der Waals surface area contributed by atoms with Crippen LogP contribution in [0, 0.1) is 11.8 Å². The van der Waals surface area contributed by atoms with Crippen molar-refractivity contribution in [2.75, 3.05) is 12.4 Å². The van der Waals surface area contributed by atoms with Crippen LogP contribution in [0.25, 0.3) is 0 Å². The van der Waals surface area contributed by atoms with Crippen LogP contribution in [0.15, 0.2) is 29.3 Å². The second-order valence-electron chi connectivity index (χ2n) is 6.23. The Bertz CT molecular complexity index is 491. The number of aliphatic imine (C=N–C) groups is 1. The summed E-state index contributed by atoms with van der Waals surface area (Å²) in [7, 11) is 1.66. The van der Waals surface area contributed by atoms with Crippen molar-refractivity contribution in [2.45, 2.75) is 44.6 Å². The molecule has 0 spiro atoms. The molecule has 2 atom stereocenters. The molecule has 0 heterocycles. The predicted octanol–water partition coefficient (Wildman–Crippen LogP) is 3.39. The van der Waals surface area contributed by atoms with Gasteiger partial charge in [0.05, 0.1) is 13.2 Å². The van der Waals surface area contributed by atoms with Crippen molar-refractivity contribution in [3.05, 3.63) is 24.3 Å². The maximum absolute atomic E-state index is 6.02. The molecule has 0 bridgehead atoms. The number of anilines is 1. The Labute approximate surface area is 126 Å². The first kappa shape index (κ1) is 14.2. The van der Waals surface area contributed by atoms with Gasteiger partial charge in [-0.25, -0.2) is 4.99 Å². The minimum Gasteiger partial charge on any atom is -0.497 e. The Morgan fingerprint density at radius 3 is 2.57 bits per heavy atom. The van der Waals surface area contributed by atoms with Gasteiger partial charge in [-0.15, -0.1) is 0 Å². The standard InChI is InChI=1S/C17H25N3O/c1-21-14-9-7-13(8-10-14)19-17(18)20-16-11-15(16)12-5-3-2-4-6-12/h7-10,12,15-16H,2-6,11H2,1H3,(H3,18,19,20)/t15-,16+/m0/s1. The van der Waals surface area contributed by atoms with Gasteiger partial charge in [0.1, 0.15) is 5.75 Å². The Kier molecular flexibility index (Phi) is 4.32. The molecule has 4 nitrogen and oxygen atoms in total. The molecule has 2 saturated carbocycles. The number of nitrogens with zero attached hydrogens (tertiary/aromatic N) is 1. The molecule has 2 aliphatic rings. The Morgan fingerprint density at radius 1 is 1.19 bits per heavy atom. The fraction of sp³-hybridized carbons (Fsp3) is 0.588. The summed E-state index contributed by atoms with van der Waals surface area (Å²) in [6.07, 6.45) is 8.22. The number of benzene rings is 1. The lowest BCUT2D eigenvalue weighted by atomic mass is 9.85. The molecule has 0 amide bonds. The molecule has 114 valence electrons. The molecule has 0 saturated heterocycles. The van der Waals surface area contributed by atoms with Crippen LogP contribution in [0.2, 0.25) is 0 Å². The Hall–Kier alpha value is -1.71. The SMILES string of the molecule is COc1ccc(NC(N)=N[C@@H]2C[C@H]2C2CCCCC2)cc1. The third-order valence-corrected chi connectivity index (χ3v) is 4.73. The van der Waals surface area contributed by atoms with Gasteiger partial charge in [-0.2, -0.15) is 0 Å². The Balaban J connectivity index is 1.52. The van der Waals surface area contributed by atoms with Gasteiger partial charge in [0.2, 0.25) is 0 Å². The summed E-state index contributed by atoms with van der Waals surface area (Å²) in [4.78, 5) is 4.64. The fourth-order valence-corrected chi connectivity index (χ4v) is 3.45. The number of hydrogen-bond acceptors (Lipinski definition) is 2. The molecule has 2 aliphatic carbocycles. The van der Waals surface area contributed by atoms with E-state index in [0.29, 0.717) is 12.0 Å². The maximum Gasteiger partial charge on any atom is 0.193 e. The third-order valence-electron chi connectivity index (χ3n) is 4.73. The number of nitrogens with two attached hydrogens (primary N) is 1. The van der Waals surface area contributed by atoms with Gasteiger partial charge in [-0.1, -0.05) is 32.1 Å². The summed E-state index contributed by atoms with van der Waals surface area (Å²) in [6.45, 7) is 0. The van der Waals surface area contributed by atoms with E-state index in [-0.39, 0.29) is 0 Å². The summed E-state index contributed by atoms with van der Waals surface area (Å²) < 4.78 is 5.14. The number of ether oxygens (including phenoxy) is 1. The lowest BCUT2D eigenvalue weighted by molar-refractivity contribution is 0.318. The van der Waals surface area contributed by atoms with Crippen LogP contribution in [-0.2, 0) is 0 Å². The lowest BCUT2D eigenvalue weighted by Crippen LogP contribution is -2.23. The highest BCUT2D eigenvalue weighted by Gasteiger charge is 2.43. The second kappa shape index (κ2) is 6.37. The van der Waals surface area contributed by atoms with Gasteiger partial charge >= 0.3 is 0 Å². The molecule has 3 N–H and O–H groups in total. The number of guanidine groups is 1. The van der Waals surface area contributed by atoms with Gasteiger partial charge in [0.15, 0.2) is 5.96 Å². The summed E-state index contributed by atoms with van der Waals surface area (Å²) >= 11 is 0. The second-order valence-corrected chi connectivity index (χ2v) is 6.23. The quantitative estimate of drug-likeness (QED) is 0.659. The molecule has 0 unspecified atom stereocenters. The van der Waals surface area contributed by atoms with Crippen molar-refractivity contribution < 1.29 is 4.74 Å².